The largest absolute Gasteiger partial charge is 0.508 e. The Hall–Kier alpha value is -1.72. The Bertz CT molecular complexity index is 708. The molecule has 4 nitrogen and oxygen atoms in total. The van der Waals surface area contributed by atoms with Crippen LogP contribution in [0.2, 0.25) is 5.02 Å². The molecular weight excluding hydrogens is 300 g/mol. The number of benzene rings is 2. The molecule has 0 saturated carbocycles. The summed E-state index contributed by atoms with van der Waals surface area (Å²) in [5, 5.41) is 9.69. The molecule has 1 N–H and O–H groups in total. The maximum absolute atomic E-state index is 12.0. The van der Waals surface area contributed by atoms with Crippen LogP contribution in [0.15, 0.2) is 42.5 Å². The Balaban J connectivity index is 2.17. The van der Waals surface area contributed by atoms with E-state index in [0.29, 0.717) is 10.6 Å². The molecule has 106 valence electrons. The molecule has 0 heterocycles. The molecule has 0 bridgehead atoms. The quantitative estimate of drug-likeness (QED) is 0.880. The Morgan fingerprint density at radius 2 is 1.80 bits per heavy atom. The van der Waals surface area contributed by atoms with Crippen molar-refractivity contribution in [1.82, 2.24) is 0 Å². The fourth-order valence-corrected chi connectivity index (χ4v) is 3.08. The van der Waals surface area contributed by atoms with Gasteiger partial charge in [0.2, 0.25) is 0 Å². The van der Waals surface area contributed by atoms with Crippen molar-refractivity contribution in [2.75, 3.05) is 0 Å². The number of aryl methyl sites for hydroxylation is 1. The molecule has 0 unspecified atom stereocenters. The number of hydrogen-bond donors (Lipinski definition) is 1. The van der Waals surface area contributed by atoms with Gasteiger partial charge in [0.25, 0.3) is 0 Å². The predicted molar refractivity (Wildman–Crippen MR) is 77.5 cm³/mol. The van der Waals surface area contributed by atoms with E-state index in [2.05, 4.69) is 0 Å². The SMILES string of the molecule is Cc1cc(Cl)ccc1CS(=O)(=O)Oc1ccc(O)cc1. The highest BCUT2D eigenvalue weighted by molar-refractivity contribution is 7.86. The molecule has 2 rings (SSSR count). The average Bonchev–Trinajstić information content (AvgIpc) is 2.35. The number of phenols is 1. The van der Waals surface area contributed by atoms with Gasteiger partial charge in [0.05, 0.1) is 0 Å². The van der Waals surface area contributed by atoms with Crippen LogP contribution in [-0.2, 0) is 15.9 Å². The highest BCUT2D eigenvalue weighted by Gasteiger charge is 2.15. The Morgan fingerprint density at radius 3 is 2.40 bits per heavy atom. The smallest absolute Gasteiger partial charge is 0.313 e. The summed E-state index contributed by atoms with van der Waals surface area (Å²) in [5.41, 5.74) is 1.42. The van der Waals surface area contributed by atoms with E-state index >= 15 is 0 Å². The normalized spacial score (nSPS) is 11.3. The zero-order valence-corrected chi connectivity index (χ0v) is 12.3. The minimum absolute atomic E-state index is 0.0447. The molecular formula is C14H13ClO4S. The van der Waals surface area contributed by atoms with Crippen molar-refractivity contribution in [3.63, 3.8) is 0 Å². The van der Waals surface area contributed by atoms with Crippen molar-refractivity contribution in [2.45, 2.75) is 12.7 Å². The van der Waals surface area contributed by atoms with Gasteiger partial charge in [0, 0.05) is 5.02 Å². The molecule has 0 atom stereocenters. The van der Waals surface area contributed by atoms with Gasteiger partial charge < -0.3 is 9.29 Å². The van der Waals surface area contributed by atoms with E-state index in [4.69, 9.17) is 20.9 Å². The molecule has 0 amide bonds. The van der Waals surface area contributed by atoms with Crippen LogP contribution in [-0.4, -0.2) is 13.5 Å². The standard InChI is InChI=1S/C14H13ClO4S/c1-10-8-12(15)3-2-11(10)9-20(17,18)19-14-6-4-13(16)5-7-14/h2-8,16H,9H2,1H3. The first kappa shape index (κ1) is 14.7. The lowest BCUT2D eigenvalue weighted by Gasteiger charge is -2.09. The molecule has 0 aliphatic rings. The van der Waals surface area contributed by atoms with Gasteiger partial charge in [-0.2, -0.15) is 8.42 Å². The summed E-state index contributed by atoms with van der Waals surface area (Å²) in [5.74, 6) is -0.0330. The molecule has 0 aliphatic heterocycles. The second-order valence-corrected chi connectivity index (χ2v) is 6.36. The van der Waals surface area contributed by atoms with E-state index in [9.17, 15) is 8.42 Å². The van der Waals surface area contributed by atoms with Crippen LogP contribution in [0.25, 0.3) is 0 Å². The van der Waals surface area contributed by atoms with Crippen molar-refractivity contribution >= 4 is 21.7 Å². The van der Waals surface area contributed by atoms with Gasteiger partial charge in [-0.25, -0.2) is 0 Å². The highest BCUT2D eigenvalue weighted by atomic mass is 35.5. The van der Waals surface area contributed by atoms with Crippen LogP contribution in [0, 0.1) is 6.92 Å². The molecule has 0 aromatic heterocycles. The number of halogens is 1. The molecule has 0 fully saturated rings. The summed E-state index contributed by atoms with van der Waals surface area (Å²) >= 11 is 5.83. The van der Waals surface area contributed by atoms with E-state index in [1.807, 2.05) is 0 Å². The summed E-state index contributed by atoms with van der Waals surface area (Å²) in [6, 6.07) is 10.5. The minimum atomic E-state index is -3.76. The first-order valence-corrected chi connectivity index (χ1v) is 7.77. The minimum Gasteiger partial charge on any atom is -0.508 e. The predicted octanol–water partition coefficient (Wildman–Crippen LogP) is 3.26. The average molecular weight is 313 g/mol. The van der Waals surface area contributed by atoms with Gasteiger partial charge in [-0.05, 0) is 54.4 Å². The highest BCUT2D eigenvalue weighted by Crippen LogP contribution is 2.21. The van der Waals surface area contributed by atoms with Crippen LogP contribution in [0.3, 0.4) is 0 Å². The summed E-state index contributed by atoms with van der Waals surface area (Å²) in [6.07, 6.45) is 0. The first-order valence-electron chi connectivity index (χ1n) is 5.82. The van der Waals surface area contributed by atoms with E-state index < -0.39 is 10.1 Å². The van der Waals surface area contributed by atoms with Crippen molar-refractivity contribution in [3.8, 4) is 11.5 Å². The molecule has 6 heteroatoms. The first-order chi connectivity index (χ1) is 9.35. The zero-order chi connectivity index (χ0) is 14.8. The zero-order valence-electron chi connectivity index (χ0n) is 10.7. The molecule has 0 radical (unpaired) electrons. The molecule has 20 heavy (non-hydrogen) atoms. The van der Waals surface area contributed by atoms with Crippen molar-refractivity contribution in [1.29, 1.82) is 0 Å². The summed E-state index contributed by atoms with van der Waals surface area (Å²) in [6.45, 7) is 1.79. The number of aromatic hydroxyl groups is 1. The lowest BCUT2D eigenvalue weighted by atomic mass is 10.1. The van der Waals surface area contributed by atoms with Crippen molar-refractivity contribution < 1.29 is 17.7 Å². The molecule has 2 aromatic carbocycles. The fraction of sp³-hybridized carbons (Fsp3) is 0.143. The van der Waals surface area contributed by atoms with Gasteiger partial charge in [-0.3, -0.25) is 0 Å². The van der Waals surface area contributed by atoms with E-state index in [0.717, 1.165) is 5.56 Å². The summed E-state index contributed by atoms with van der Waals surface area (Å²) in [4.78, 5) is 0. The van der Waals surface area contributed by atoms with E-state index in [1.165, 1.54) is 24.3 Å². The lowest BCUT2D eigenvalue weighted by Crippen LogP contribution is -2.12. The maximum atomic E-state index is 12.0. The van der Waals surface area contributed by atoms with Crippen molar-refractivity contribution in [3.05, 3.63) is 58.6 Å². The van der Waals surface area contributed by atoms with Crippen LogP contribution in [0.4, 0.5) is 0 Å². The topological polar surface area (TPSA) is 63.6 Å². The second-order valence-electron chi connectivity index (χ2n) is 4.35. The molecule has 0 aliphatic carbocycles. The Morgan fingerprint density at radius 1 is 1.15 bits per heavy atom. The third-order valence-electron chi connectivity index (χ3n) is 2.70. The summed E-state index contributed by atoms with van der Waals surface area (Å²) < 4.78 is 28.9. The van der Waals surface area contributed by atoms with E-state index in [1.54, 1.807) is 25.1 Å². The van der Waals surface area contributed by atoms with Gasteiger partial charge in [0.15, 0.2) is 0 Å². The number of phenolic OH excluding ortho intramolecular Hbond substituents is 1. The number of hydrogen-bond acceptors (Lipinski definition) is 4. The Labute approximate surface area is 122 Å². The van der Waals surface area contributed by atoms with Gasteiger partial charge >= 0.3 is 10.1 Å². The van der Waals surface area contributed by atoms with Gasteiger partial charge in [-0.15, -0.1) is 0 Å². The molecule has 0 saturated heterocycles. The monoisotopic (exact) mass is 312 g/mol. The van der Waals surface area contributed by atoms with Crippen LogP contribution in [0.1, 0.15) is 11.1 Å². The molecule has 2 aromatic rings. The number of rotatable bonds is 4. The van der Waals surface area contributed by atoms with E-state index in [-0.39, 0.29) is 17.3 Å². The Kier molecular flexibility index (Phi) is 4.20. The third-order valence-corrected chi connectivity index (χ3v) is 4.04. The third kappa shape index (κ3) is 3.88. The molecule has 0 spiro atoms. The van der Waals surface area contributed by atoms with Crippen LogP contribution >= 0.6 is 11.6 Å². The fourth-order valence-electron chi connectivity index (χ4n) is 1.69. The maximum Gasteiger partial charge on any atom is 0.313 e. The summed E-state index contributed by atoms with van der Waals surface area (Å²) in [7, 11) is -3.76. The van der Waals surface area contributed by atoms with Crippen LogP contribution < -0.4 is 4.18 Å². The lowest BCUT2D eigenvalue weighted by molar-refractivity contribution is 0.468. The van der Waals surface area contributed by atoms with Gasteiger partial charge in [0.1, 0.15) is 17.3 Å². The second kappa shape index (κ2) is 5.73. The van der Waals surface area contributed by atoms with Gasteiger partial charge in [-0.1, -0.05) is 17.7 Å². The van der Waals surface area contributed by atoms with Crippen molar-refractivity contribution in [2.24, 2.45) is 0 Å². The van der Waals surface area contributed by atoms with Crippen LogP contribution in [0.5, 0.6) is 11.5 Å².